The maximum Gasteiger partial charge on any atom is 0.275 e. The summed E-state index contributed by atoms with van der Waals surface area (Å²) in [6, 6.07) is 9.52. The van der Waals surface area contributed by atoms with Gasteiger partial charge in [0.15, 0.2) is 0 Å². The number of nitrogens with one attached hydrogen (secondary N) is 1. The van der Waals surface area contributed by atoms with Crippen LogP contribution in [0.2, 0.25) is 0 Å². The van der Waals surface area contributed by atoms with Gasteiger partial charge in [0.25, 0.3) is 5.56 Å². The first kappa shape index (κ1) is 15.9. The van der Waals surface area contributed by atoms with Crippen LogP contribution in [0.1, 0.15) is 18.3 Å². The Bertz CT molecular complexity index is 1110. The van der Waals surface area contributed by atoms with Crippen molar-refractivity contribution in [3.8, 4) is 10.6 Å². The van der Waals surface area contributed by atoms with Crippen LogP contribution in [-0.4, -0.2) is 19.6 Å². The molecule has 0 saturated carbocycles. The Kier molecular flexibility index (Phi) is 4.06. The number of fused-ring (bicyclic) bond motifs is 1. The Labute approximate surface area is 151 Å². The van der Waals surface area contributed by atoms with E-state index in [0.717, 1.165) is 34.1 Å². The molecule has 0 radical (unpaired) electrons. The summed E-state index contributed by atoms with van der Waals surface area (Å²) in [5, 5.41) is 11.2. The molecule has 0 aliphatic carbocycles. The van der Waals surface area contributed by atoms with Gasteiger partial charge in [-0.05, 0) is 25.5 Å². The molecule has 0 spiro atoms. The maximum atomic E-state index is 12.1. The molecule has 6 nitrogen and oxygen atoms in total. The lowest BCUT2D eigenvalue weighted by Crippen LogP contribution is -2.15. The third-order valence-electron chi connectivity index (χ3n) is 3.64. The van der Waals surface area contributed by atoms with Gasteiger partial charge in [0, 0.05) is 34.1 Å². The molecule has 126 valence electrons. The molecular formula is C17H15N5OS2. The number of anilines is 2. The summed E-state index contributed by atoms with van der Waals surface area (Å²) in [7, 11) is 0. The van der Waals surface area contributed by atoms with E-state index in [0.29, 0.717) is 10.1 Å². The smallest absolute Gasteiger partial charge is 0.275 e. The molecular weight excluding hydrogens is 354 g/mol. The number of nitrogens with zero attached hydrogens (tertiary/aromatic N) is 4. The van der Waals surface area contributed by atoms with Crippen LogP contribution in [0.3, 0.4) is 0 Å². The van der Waals surface area contributed by atoms with Crippen molar-refractivity contribution in [3.05, 3.63) is 57.5 Å². The molecule has 0 amide bonds. The molecule has 1 N–H and O–H groups in total. The van der Waals surface area contributed by atoms with Crippen molar-refractivity contribution in [2.24, 2.45) is 0 Å². The normalized spacial score (nSPS) is 11.1. The van der Waals surface area contributed by atoms with Gasteiger partial charge >= 0.3 is 0 Å². The predicted octanol–water partition coefficient (Wildman–Crippen LogP) is 3.89. The molecule has 3 aromatic heterocycles. The van der Waals surface area contributed by atoms with Gasteiger partial charge in [-0.1, -0.05) is 30.4 Å². The third-order valence-corrected chi connectivity index (χ3v) is 5.47. The van der Waals surface area contributed by atoms with Crippen molar-refractivity contribution in [1.82, 2.24) is 19.6 Å². The Morgan fingerprint density at radius 3 is 2.88 bits per heavy atom. The second-order valence-corrected chi connectivity index (χ2v) is 7.35. The van der Waals surface area contributed by atoms with Gasteiger partial charge in [0.2, 0.25) is 10.1 Å². The van der Waals surface area contributed by atoms with Crippen LogP contribution >= 0.6 is 22.7 Å². The zero-order valence-electron chi connectivity index (χ0n) is 13.7. The largest absolute Gasteiger partial charge is 0.330 e. The number of aryl methyl sites for hydroxylation is 2. The van der Waals surface area contributed by atoms with Crippen LogP contribution in [0.5, 0.6) is 0 Å². The second-order valence-electron chi connectivity index (χ2n) is 5.54. The SMILES string of the molecule is CCc1cc(=O)n2nc(Nc3cccc(-c4nc(C)cs4)c3)sc2n1. The minimum Gasteiger partial charge on any atom is -0.330 e. The van der Waals surface area contributed by atoms with Crippen molar-refractivity contribution < 1.29 is 0 Å². The van der Waals surface area contributed by atoms with Crippen LogP contribution in [-0.2, 0) is 6.42 Å². The number of aromatic nitrogens is 4. The first-order valence-corrected chi connectivity index (χ1v) is 9.51. The van der Waals surface area contributed by atoms with Crippen LogP contribution in [0.4, 0.5) is 10.8 Å². The summed E-state index contributed by atoms with van der Waals surface area (Å²) in [5.74, 6) is 0. The Hall–Kier alpha value is -2.58. The molecule has 4 rings (SSSR count). The molecule has 1 aromatic carbocycles. The minimum atomic E-state index is -0.154. The Balaban J connectivity index is 1.67. The van der Waals surface area contributed by atoms with Gasteiger partial charge in [-0.2, -0.15) is 4.52 Å². The highest BCUT2D eigenvalue weighted by atomic mass is 32.1. The van der Waals surface area contributed by atoms with Crippen LogP contribution in [0.15, 0.2) is 40.5 Å². The molecule has 0 saturated heterocycles. The van der Waals surface area contributed by atoms with Gasteiger partial charge in [-0.15, -0.1) is 16.4 Å². The highest BCUT2D eigenvalue weighted by Crippen LogP contribution is 2.28. The molecule has 25 heavy (non-hydrogen) atoms. The van der Waals surface area contributed by atoms with E-state index in [1.807, 2.05) is 43.5 Å². The van der Waals surface area contributed by atoms with Crippen molar-refractivity contribution in [2.45, 2.75) is 20.3 Å². The monoisotopic (exact) mass is 369 g/mol. The molecule has 4 aromatic rings. The van der Waals surface area contributed by atoms with Crippen LogP contribution in [0.25, 0.3) is 15.5 Å². The van der Waals surface area contributed by atoms with Gasteiger partial charge in [0.05, 0.1) is 0 Å². The summed E-state index contributed by atoms with van der Waals surface area (Å²) >= 11 is 2.98. The van der Waals surface area contributed by atoms with E-state index in [-0.39, 0.29) is 5.56 Å². The highest BCUT2D eigenvalue weighted by Gasteiger charge is 2.09. The Morgan fingerprint density at radius 2 is 2.12 bits per heavy atom. The maximum absolute atomic E-state index is 12.1. The molecule has 8 heteroatoms. The predicted molar refractivity (Wildman–Crippen MR) is 102 cm³/mol. The molecule has 0 aliphatic rings. The molecule has 0 aliphatic heterocycles. The van der Waals surface area contributed by atoms with E-state index in [2.05, 4.69) is 20.4 Å². The fourth-order valence-electron chi connectivity index (χ4n) is 2.43. The van der Waals surface area contributed by atoms with Gasteiger partial charge in [-0.3, -0.25) is 4.79 Å². The number of benzene rings is 1. The van der Waals surface area contributed by atoms with Crippen molar-refractivity contribution in [1.29, 1.82) is 0 Å². The quantitative estimate of drug-likeness (QED) is 0.591. The third kappa shape index (κ3) is 3.18. The lowest BCUT2D eigenvalue weighted by molar-refractivity contribution is 0.879. The molecule has 0 fully saturated rings. The average Bonchev–Trinajstić information content (AvgIpc) is 3.21. The number of thiazole rings is 1. The second kappa shape index (κ2) is 6.38. The van der Waals surface area contributed by atoms with Gasteiger partial charge < -0.3 is 5.32 Å². The van der Waals surface area contributed by atoms with Crippen molar-refractivity contribution in [3.63, 3.8) is 0 Å². The molecule has 0 bridgehead atoms. The number of hydrogen-bond donors (Lipinski definition) is 1. The van der Waals surface area contributed by atoms with E-state index in [1.165, 1.54) is 21.9 Å². The lowest BCUT2D eigenvalue weighted by atomic mass is 10.2. The summed E-state index contributed by atoms with van der Waals surface area (Å²) in [6.45, 7) is 3.96. The van der Waals surface area contributed by atoms with E-state index in [4.69, 9.17) is 0 Å². The zero-order valence-corrected chi connectivity index (χ0v) is 15.3. The standard InChI is InChI=1S/C17H15N5OS2/c1-3-12-8-14(23)22-17(20-12)25-16(21-22)19-13-6-4-5-11(7-13)15-18-10(2)9-24-15/h4-9H,3H2,1-2H3,(H,19,21). The first-order chi connectivity index (χ1) is 12.1. The zero-order chi connectivity index (χ0) is 17.4. The van der Waals surface area contributed by atoms with Crippen molar-refractivity contribution in [2.75, 3.05) is 5.32 Å². The van der Waals surface area contributed by atoms with E-state index >= 15 is 0 Å². The summed E-state index contributed by atoms with van der Waals surface area (Å²) in [4.78, 5) is 21.7. The minimum absolute atomic E-state index is 0.154. The molecule has 3 heterocycles. The molecule has 0 atom stereocenters. The van der Waals surface area contributed by atoms with Crippen LogP contribution < -0.4 is 10.9 Å². The van der Waals surface area contributed by atoms with Crippen molar-refractivity contribution >= 4 is 38.5 Å². The summed E-state index contributed by atoms with van der Waals surface area (Å²) in [6.07, 6.45) is 0.724. The van der Waals surface area contributed by atoms with E-state index in [1.54, 1.807) is 11.3 Å². The fourth-order valence-corrected chi connectivity index (χ4v) is 4.07. The van der Waals surface area contributed by atoms with Crippen LogP contribution in [0, 0.1) is 6.92 Å². The average molecular weight is 369 g/mol. The fraction of sp³-hybridized carbons (Fsp3) is 0.176. The van der Waals surface area contributed by atoms with Gasteiger partial charge in [0.1, 0.15) is 5.01 Å². The highest BCUT2D eigenvalue weighted by molar-refractivity contribution is 7.20. The summed E-state index contributed by atoms with van der Waals surface area (Å²) in [5.41, 5.74) is 3.59. The molecule has 0 unspecified atom stereocenters. The number of rotatable bonds is 4. The Morgan fingerprint density at radius 1 is 1.24 bits per heavy atom. The van der Waals surface area contributed by atoms with Gasteiger partial charge in [-0.25, -0.2) is 9.97 Å². The summed E-state index contributed by atoms with van der Waals surface area (Å²) < 4.78 is 1.33. The lowest BCUT2D eigenvalue weighted by Gasteiger charge is -2.03. The topological polar surface area (TPSA) is 72.2 Å². The van der Waals surface area contributed by atoms with E-state index < -0.39 is 0 Å². The number of hydrogen-bond acceptors (Lipinski definition) is 7. The van der Waals surface area contributed by atoms with E-state index in [9.17, 15) is 4.79 Å². The first-order valence-electron chi connectivity index (χ1n) is 7.82.